The lowest BCUT2D eigenvalue weighted by atomic mass is 10.2. The molecule has 2 aromatic carbocycles. The highest BCUT2D eigenvalue weighted by molar-refractivity contribution is 5.79. The summed E-state index contributed by atoms with van der Waals surface area (Å²) in [6.07, 6.45) is 0. The Kier molecular flexibility index (Phi) is 7.07. The zero-order valence-electron chi connectivity index (χ0n) is 14.8. The summed E-state index contributed by atoms with van der Waals surface area (Å²) in [5, 5.41) is 6.29. The van der Waals surface area contributed by atoms with Crippen LogP contribution in [0.5, 0.6) is 11.5 Å². The number of hydrogen-bond donors (Lipinski definition) is 2. The predicted molar refractivity (Wildman–Crippen MR) is 97.6 cm³/mol. The second-order valence-corrected chi connectivity index (χ2v) is 5.29. The molecule has 0 aromatic heterocycles. The third-order valence-corrected chi connectivity index (χ3v) is 3.64. The highest BCUT2D eigenvalue weighted by Gasteiger charge is 2.09. The molecule has 0 saturated carbocycles. The zero-order valence-corrected chi connectivity index (χ0v) is 14.8. The monoisotopic (exact) mass is 345 g/mol. The van der Waals surface area contributed by atoms with Crippen LogP contribution in [0.2, 0.25) is 0 Å². The summed E-state index contributed by atoms with van der Waals surface area (Å²) in [5.41, 5.74) is 1.50. The lowest BCUT2D eigenvalue weighted by molar-refractivity contribution is 0.352. The number of halogens is 1. The highest BCUT2D eigenvalue weighted by Crippen LogP contribution is 2.31. The van der Waals surface area contributed by atoms with Crippen molar-refractivity contribution in [2.75, 3.05) is 20.8 Å². The van der Waals surface area contributed by atoms with E-state index in [-0.39, 0.29) is 5.82 Å². The Morgan fingerprint density at radius 3 is 2.44 bits per heavy atom. The van der Waals surface area contributed by atoms with Gasteiger partial charge in [0.05, 0.1) is 20.8 Å². The number of aliphatic imine (C=N–C) groups is 1. The van der Waals surface area contributed by atoms with E-state index in [1.165, 1.54) is 6.07 Å². The van der Waals surface area contributed by atoms with Gasteiger partial charge in [0.1, 0.15) is 5.82 Å². The summed E-state index contributed by atoms with van der Waals surface area (Å²) in [6.45, 7) is 3.45. The molecule has 0 saturated heterocycles. The first-order valence-electron chi connectivity index (χ1n) is 8.15. The van der Waals surface area contributed by atoms with Crippen LogP contribution in [0.15, 0.2) is 47.5 Å². The summed E-state index contributed by atoms with van der Waals surface area (Å²) in [6, 6.07) is 12.3. The number of ether oxygens (including phenoxy) is 2. The minimum absolute atomic E-state index is 0.236. The summed E-state index contributed by atoms with van der Waals surface area (Å²) < 4.78 is 24.5. The number of nitrogens with one attached hydrogen (secondary N) is 2. The van der Waals surface area contributed by atoms with Gasteiger partial charge in [-0.05, 0) is 19.1 Å². The Labute approximate surface area is 147 Å². The van der Waals surface area contributed by atoms with E-state index in [2.05, 4.69) is 15.6 Å². The van der Waals surface area contributed by atoms with Gasteiger partial charge in [-0.25, -0.2) is 9.38 Å². The molecule has 6 heteroatoms. The van der Waals surface area contributed by atoms with Gasteiger partial charge in [-0.3, -0.25) is 0 Å². The van der Waals surface area contributed by atoms with Crippen LogP contribution in [0.4, 0.5) is 4.39 Å². The molecule has 0 bridgehead atoms. The van der Waals surface area contributed by atoms with Crippen molar-refractivity contribution in [2.45, 2.75) is 20.0 Å². The lowest BCUT2D eigenvalue weighted by Gasteiger charge is -2.14. The molecular weight excluding hydrogens is 321 g/mol. The molecule has 0 spiro atoms. The van der Waals surface area contributed by atoms with Gasteiger partial charge < -0.3 is 20.1 Å². The Balaban J connectivity index is 2.11. The van der Waals surface area contributed by atoms with Gasteiger partial charge in [0.15, 0.2) is 17.5 Å². The molecule has 0 aliphatic heterocycles. The molecule has 2 N–H and O–H groups in total. The van der Waals surface area contributed by atoms with Crippen LogP contribution in [0.1, 0.15) is 18.1 Å². The minimum atomic E-state index is -0.236. The van der Waals surface area contributed by atoms with Crippen LogP contribution in [0.3, 0.4) is 0 Å². The zero-order chi connectivity index (χ0) is 18.1. The van der Waals surface area contributed by atoms with Gasteiger partial charge in [0.2, 0.25) is 0 Å². The summed E-state index contributed by atoms with van der Waals surface area (Å²) >= 11 is 0. The number of guanidine groups is 1. The normalized spacial score (nSPS) is 11.1. The second kappa shape index (κ2) is 9.52. The SMILES string of the molecule is CCNC(=NCc1cccc(OC)c1OC)NCc1ccccc1F. The standard InChI is InChI=1S/C19H24FN3O2/c1-4-21-19(22-12-14-8-5-6-10-16(14)20)23-13-15-9-7-11-17(24-2)18(15)25-3/h5-11H,4,12-13H2,1-3H3,(H2,21,22,23). The van der Waals surface area contributed by atoms with Crippen LogP contribution >= 0.6 is 0 Å². The fourth-order valence-corrected chi connectivity index (χ4v) is 2.40. The Hall–Kier alpha value is -2.76. The number of methoxy groups -OCH3 is 2. The van der Waals surface area contributed by atoms with Crippen molar-refractivity contribution in [1.29, 1.82) is 0 Å². The molecule has 2 aromatic rings. The van der Waals surface area contributed by atoms with E-state index in [1.54, 1.807) is 26.4 Å². The molecule has 0 amide bonds. The third-order valence-electron chi connectivity index (χ3n) is 3.64. The van der Waals surface area contributed by atoms with E-state index in [4.69, 9.17) is 9.47 Å². The molecule has 0 aliphatic carbocycles. The molecule has 25 heavy (non-hydrogen) atoms. The van der Waals surface area contributed by atoms with E-state index in [1.807, 2.05) is 31.2 Å². The third kappa shape index (κ3) is 5.11. The topological polar surface area (TPSA) is 54.9 Å². The quantitative estimate of drug-likeness (QED) is 0.598. The van der Waals surface area contributed by atoms with E-state index in [0.29, 0.717) is 42.7 Å². The maximum atomic E-state index is 13.7. The van der Waals surface area contributed by atoms with Gasteiger partial charge in [-0.15, -0.1) is 0 Å². The van der Waals surface area contributed by atoms with Crippen LogP contribution in [0, 0.1) is 5.82 Å². The van der Waals surface area contributed by atoms with Crippen LogP contribution in [0.25, 0.3) is 0 Å². The van der Waals surface area contributed by atoms with Gasteiger partial charge in [-0.1, -0.05) is 30.3 Å². The number of benzene rings is 2. The molecule has 0 atom stereocenters. The van der Waals surface area contributed by atoms with Gasteiger partial charge in [0, 0.05) is 24.2 Å². The van der Waals surface area contributed by atoms with E-state index < -0.39 is 0 Å². The molecule has 0 aliphatic rings. The highest BCUT2D eigenvalue weighted by atomic mass is 19.1. The molecule has 0 heterocycles. The van der Waals surface area contributed by atoms with Crippen LogP contribution in [-0.2, 0) is 13.1 Å². The lowest BCUT2D eigenvalue weighted by Crippen LogP contribution is -2.37. The molecule has 0 unspecified atom stereocenters. The number of nitrogens with zero attached hydrogens (tertiary/aromatic N) is 1. The van der Waals surface area contributed by atoms with Gasteiger partial charge >= 0.3 is 0 Å². The number of rotatable bonds is 7. The van der Waals surface area contributed by atoms with E-state index in [0.717, 1.165) is 5.56 Å². The smallest absolute Gasteiger partial charge is 0.191 e. The molecule has 0 radical (unpaired) electrons. The fraction of sp³-hybridized carbons (Fsp3) is 0.316. The first-order chi connectivity index (χ1) is 12.2. The van der Waals surface area contributed by atoms with Crippen molar-refractivity contribution < 1.29 is 13.9 Å². The van der Waals surface area contributed by atoms with Crippen molar-refractivity contribution in [3.8, 4) is 11.5 Å². The molecule has 5 nitrogen and oxygen atoms in total. The first-order valence-corrected chi connectivity index (χ1v) is 8.15. The fourth-order valence-electron chi connectivity index (χ4n) is 2.40. The number of para-hydroxylation sites is 1. The molecule has 134 valence electrons. The van der Waals surface area contributed by atoms with E-state index in [9.17, 15) is 4.39 Å². The maximum Gasteiger partial charge on any atom is 0.191 e. The molecular formula is C19H24FN3O2. The maximum absolute atomic E-state index is 13.7. The average molecular weight is 345 g/mol. The van der Waals surface area contributed by atoms with Crippen molar-refractivity contribution in [2.24, 2.45) is 4.99 Å². The Bertz CT molecular complexity index is 720. The van der Waals surface area contributed by atoms with Crippen LogP contribution < -0.4 is 20.1 Å². The van der Waals surface area contributed by atoms with Crippen LogP contribution in [-0.4, -0.2) is 26.7 Å². The number of hydrogen-bond acceptors (Lipinski definition) is 3. The second-order valence-electron chi connectivity index (χ2n) is 5.29. The predicted octanol–water partition coefficient (Wildman–Crippen LogP) is 3.10. The molecule has 2 rings (SSSR count). The van der Waals surface area contributed by atoms with Crippen molar-refractivity contribution in [3.05, 3.63) is 59.4 Å². The minimum Gasteiger partial charge on any atom is -0.493 e. The first kappa shape index (κ1) is 18.6. The molecule has 0 fully saturated rings. The summed E-state index contributed by atoms with van der Waals surface area (Å²) in [5.74, 6) is 1.70. The Morgan fingerprint density at radius 2 is 1.76 bits per heavy atom. The van der Waals surface area contributed by atoms with Gasteiger partial charge in [0.25, 0.3) is 0 Å². The summed E-state index contributed by atoms with van der Waals surface area (Å²) in [4.78, 5) is 4.55. The van der Waals surface area contributed by atoms with E-state index >= 15 is 0 Å². The Morgan fingerprint density at radius 1 is 1.00 bits per heavy atom. The van der Waals surface area contributed by atoms with Crippen molar-refractivity contribution in [1.82, 2.24) is 10.6 Å². The van der Waals surface area contributed by atoms with Crippen molar-refractivity contribution >= 4 is 5.96 Å². The summed E-state index contributed by atoms with van der Waals surface area (Å²) in [7, 11) is 3.21. The largest absolute Gasteiger partial charge is 0.493 e. The van der Waals surface area contributed by atoms with Gasteiger partial charge in [-0.2, -0.15) is 0 Å². The average Bonchev–Trinajstić information content (AvgIpc) is 2.64. The van der Waals surface area contributed by atoms with Crippen molar-refractivity contribution in [3.63, 3.8) is 0 Å².